The molecule has 168 valence electrons. The molecule has 2 amide bonds. The van der Waals surface area contributed by atoms with E-state index in [1.165, 1.54) is 23.9 Å². The summed E-state index contributed by atoms with van der Waals surface area (Å²) in [6, 6.07) is 21.6. The van der Waals surface area contributed by atoms with E-state index < -0.39 is 4.87 Å². The van der Waals surface area contributed by atoms with Gasteiger partial charge in [0.2, 0.25) is 10.8 Å². The first-order valence-corrected chi connectivity index (χ1v) is 12.6. The number of rotatable bonds is 4. The molecule has 3 aromatic carbocycles. The largest absolute Gasteiger partial charge is 0.323 e. The zero-order valence-electron chi connectivity index (χ0n) is 17.8. The number of anilines is 2. The highest BCUT2D eigenvalue weighted by Gasteiger charge is 2.58. The van der Waals surface area contributed by atoms with E-state index in [1.54, 1.807) is 28.4 Å². The van der Waals surface area contributed by atoms with Crippen molar-refractivity contribution < 1.29 is 14.0 Å². The van der Waals surface area contributed by atoms with Gasteiger partial charge in [-0.25, -0.2) is 9.37 Å². The average Bonchev–Trinajstić information content (AvgIpc) is 3.53. The molecule has 8 heteroatoms. The summed E-state index contributed by atoms with van der Waals surface area (Å²) in [5.41, 5.74) is 5.00. The number of para-hydroxylation sites is 1. The van der Waals surface area contributed by atoms with Gasteiger partial charge in [-0.2, -0.15) is 0 Å². The van der Waals surface area contributed by atoms with Crippen molar-refractivity contribution in [1.29, 1.82) is 0 Å². The van der Waals surface area contributed by atoms with Crippen LogP contribution in [0.5, 0.6) is 0 Å². The van der Waals surface area contributed by atoms with Gasteiger partial charge in [0.1, 0.15) is 5.82 Å². The van der Waals surface area contributed by atoms with Crippen LogP contribution in [0.1, 0.15) is 16.1 Å². The minimum absolute atomic E-state index is 0.0974. The third-order valence-electron chi connectivity index (χ3n) is 6.06. The molecule has 1 unspecified atom stereocenters. The Bertz CT molecular complexity index is 1420. The Labute approximate surface area is 203 Å². The van der Waals surface area contributed by atoms with Crippen LogP contribution in [0.25, 0.3) is 11.3 Å². The highest BCUT2D eigenvalue weighted by atomic mass is 32.2. The van der Waals surface area contributed by atoms with E-state index in [1.807, 2.05) is 53.9 Å². The van der Waals surface area contributed by atoms with Crippen LogP contribution < -0.4 is 10.2 Å². The molecule has 4 aromatic rings. The second-order valence-corrected chi connectivity index (χ2v) is 10.2. The number of halogens is 1. The predicted octanol–water partition coefficient (Wildman–Crippen LogP) is 5.42. The topological polar surface area (TPSA) is 62.3 Å². The van der Waals surface area contributed by atoms with Gasteiger partial charge in [0.15, 0.2) is 0 Å². The SMILES string of the molecule is O=C1CSC2(C(=O)Nc3ccccc32)N1c1ccc(-c2csc(Cc3ccc(F)cc3)n2)cc1. The van der Waals surface area contributed by atoms with E-state index in [0.29, 0.717) is 12.1 Å². The number of nitrogens with zero attached hydrogens (tertiary/aromatic N) is 2. The van der Waals surface area contributed by atoms with Gasteiger partial charge in [0.05, 0.1) is 16.5 Å². The van der Waals surface area contributed by atoms with E-state index in [0.717, 1.165) is 33.1 Å². The number of carbonyl (C=O) groups is 2. The number of fused-ring (bicyclic) bond motifs is 2. The molecule has 2 aliphatic heterocycles. The number of aromatic nitrogens is 1. The van der Waals surface area contributed by atoms with Crippen LogP contribution in [0.4, 0.5) is 15.8 Å². The molecule has 0 aliphatic carbocycles. The second kappa shape index (κ2) is 8.07. The molecule has 1 aromatic heterocycles. The van der Waals surface area contributed by atoms with Crippen LogP contribution in [0, 0.1) is 5.82 Å². The van der Waals surface area contributed by atoms with Gasteiger partial charge >= 0.3 is 0 Å². The van der Waals surface area contributed by atoms with Gasteiger partial charge in [-0.3, -0.25) is 14.5 Å². The van der Waals surface area contributed by atoms with Crippen molar-refractivity contribution in [3.05, 3.63) is 100 Å². The Morgan fingerprint density at radius 2 is 1.76 bits per heavy atom. The standard InChI is InChI=1S/C26H18FN3O2S2/c27-18-9-5-16(6-10-18)13-23-28-22(14-33-23)17-7-11-19(12-8-17)30-24(31)15-34-26(30)20-3-1-2-4-21(20)29-25(26)32/h1-12,14H,13,15H2,(H,29,32). The van der Waals surface area contributed by atoms with Crippen molar-refractivity contribution >= 4 is 46.3 Å². The van der Waals surface area contributed by atoms with Crippen molar-refractivity contribution in [1.82, 2.24) is 4.98 Å². The van der Waals surface area contributed by atoms with Crippen molar-refractivity contribution in [3.63, 3.8) is 0 Å². The van der Waals surface area contributed by atoms with Crippen molar-refractivity contribution in [2.75, 3.05) is 16.0 Å². The minimum atomic E-state index is -1.09. The highest BCUT2D eigenvalue weighted by molar-refractivity contribution is 8.02. The molecule has 1 saturated heterocycles. The van der Waals surface area contributed by atoms with Crippen LogP contribution in [0.15, 0.2) is 78.2 Å². The lowest BCUT2D eigenvalue weighted by atomic mass is 10.0. The normalized spacial score (nSPS) is 19.0. The molecule has 6 rings (SSSR count). The first kappa shape index (κ1) is 21.1. The summed E-state index contributed by atoms with van der Waals surface area (Å²) < 4.78 is 13.2. The number of hydrogen-bond donors (Lipinski definition) is 1. The van der Waals surface area contributed by atoms with Gasteiger partial charge in [0, 0.05) is 34.3 Å². The summed E-state index contributed by atoms with van der Waals surface area (Å²) in [6.07, 6.45) is 0.638. The lowest BCUT2D eigenvalue weighted by Crippen LogP contribution is -2.47. The van der Waals surface area contributed by atoms with E-state index in [-0.39, 0.29) is 23.4 Å². The van der Waals surface area contributed by atoms with Gasteiger partial charge in [0.25, 0.3) is 5.91 Å². The van der Waals surface area contributed by atoms with Gasteiger partial charge < -0.3 is 5.32 Å². The number of hydrogen-bond acceptors (Lipinski definition) is 5. The van der Waals surface area contributed by atoms with E-state index in [4.69, 9.17) is 4.98 Å². The van der Waals surface area contributed by atoms with Gasteiger partial charge in [-0.05, 0) is 35.9 Å². The third-order valence-corrected chi connectivity index (χ3v) is 8.30. The Morgan fingerprint density at radius 3 is 2.56 bits per heavy atom. The van der Waals surface area contributed by atoms with Crippen molar-refractivity contribution in [3.8, 4) is 11.3 Å². The number of benzene rings is 3. The summed E-state index contributed by atoms with van der Waals surface area (Å²) in [7, 11) is 0. The Kier molecular flexibility index (Phi) is 5.00. The molecule has 2 aliphatic rings. The fraction of sp³-hybridized carbons (Fsp3) is 0.115. The summed E-state index contributed by atoms with van der Waals surface area (Å²) in [6.45, 7) is 0. The van der Waals surface area contributed by atoms with Crippen LogP contribution in [-0.4, -0.2) is 22.6 Å². The monoisotopic (exact) mass is 487 g/mol. The minimum Gasteiger partial charge on any atom is -0.323 e. The van der Waals surface area contributed by atoms with E-state index >= 15 is 0 Å². The van der Waals surface area contributed by atoms with Gasteiger partial charge in [-0.15, -0.1) is 23.1 Å². The number of nitrogens with one attached hydrogen (secondary N) is 1. The molecule has 1 N–H and O–H groups in total. The summed E-state index contributed by atoms with van der Waals surface area (Å²) >= 11 is 2.91. The quantitative estimate of drug-likeness (QED) is 0.417. The molecule has 3 heterocycles. The predicted molar refractivity (Wildman–Crippen MR) is 133 cm³/mol. The zero-order valence-corrected chi connectivity index (χ0v) is 19.5. The molecule has 1 spiro atoms. The number of carbonyl (C=O) groups excluding carboxylic acids is 2. The summed E-state index contributed by atoms with van der Waals surface area (Å²) in [4.78, 5) is 31.3. The van der Waals surface area contributed by atoms with Gasteiger partial charge in [-0.1, -0.05) is 42.5 Å². The maximum absolute atomic E-state index is 13.2. The Hall–Kier alpha value is -3.49. The van der Waals surface area contributed by atoms with E-state index in [2.05, 4.69) is 5.32 Å². The Morgan fingerprint density at radius 1 is 1.00 bits per heavy atom. The maximum Gasteiger partial charge on any atom is 0.266 e. The molecular formula is C26H18FN3O2S2. The highest BCUT2D eigenvalue weighted by Crippen LogP contribution is 2.53. The fourth-order valence-corrected chi connectivity index (χ4v) is 6.61. The zero-order chi connectivity index (χ0) is 23.3. The molecular weight excluding hydrogens is 469 g/mol. The molecule has 1 atom stereocenters. The summed E-state index contributed by atoms with van der Waals surface area (Å²) in [5, 5.41) is 5.86. The van der Waals surface area contributed by atoms with Crippen molar-refractivity contribution in [2.24, 2.45) is 0 Å². The maximum atomic E-state index is 13.2. The molecule has 34 heavy (non-hydrogen) atoms. The van der Waals surface area contributed by atoms with Crippen molar-refractivity contribution in [2.45, 2.75) is 11.3 Å². The third kappa shape index (κ3) is 3.33. The number of thiazole rings is 1. The van der Waals surface area contributed by atoms with Crippen LogP contribution >= 0.6 is 23.1 Å². The molecule has 0 radical (unpaired) electrons. The number of thioether (sulfide) groups is 1. The summed E-state index contributed by atoms with van der Waals surface area (Å²) in [5.74, 6) is -0.306. The van der Waals surface area contributed by atoms with Crippen LogP contribution in [-0.2, 0) is 20.9 Å². The average molecular weight is 488 g/mol. The lowest BCUT2D eigenvalue weighted by molar-refractivity contribution is -0.122. The fourth-order valence-electron chi connectivity index (χ4n) is 4.46. The molecule has 0 saturated carbocycles. The smallest absolute Gasteiger partial charge is 0.266 e. The first-order chi connectivity index (χ1) is 16.5. The lowest BCUT2D eigenvalue weighted by Gasteiger charge is -2.32. The molecule has 0 bridgehead atoms. The first-order valence-electron chi connectivity index (χ1n) is 10.7. The number of amides is 2. The molecule has 5 nitrogen and oxygen atoms in total. The van der Waals surface area contributed by atoms with Crippen LogP contribution in [0.3, 0.4) is 0 Å². The Balaban J connectivity index is 1.29. The van der Waals surface area contributed by atoms with E-state index in [9.17, 15) is 14.0 Å². The molecule has 1 fully saturated rings. The second-order valence-electron chi connectivity index (χ2n) is 8.14. The van der Waals surface area contributed by atoms with Crippen LogP contribution in [0.2, 0.25) is 0 Å².